The highest BCUT2D eigenvalue weighted by Gasteiger charge is 2.63. The molecule has 0 N–H and O–H groups in total. The molecule has 0 aromatic rings. The van der Waals surface area contributed by atoms with Gasteiger partial charge in [-0.25, -0.2) is 0 Å². The van der Waals surface area contributed by atoms with Crippen molar-refractivity contribution in [3.05, 3.63) is 0 Å². The van der Waals surface area contributed by atoms with E-state index in [-0.39, 0.29) is 5.60 Å². The molecule has 1 aliphatic heterocycles. The van der Waals surface area contributed by atoms with Gasteiger partial charge in [-0.1, -0.05) is 0 Å². The first-order valence-electron chi connectivity index (χ1n) is 6.76. The van der Waals surface area contributed by atoms with Gasteiger partial charge in [0.25, 0.3) is 0 Å². The second kappa shape index (κ2) is 3.33. The molecule has 3 fully saturated rings. The predicted molar refractivity (Wildman–Crippen MR) is 66.9 cm³/mol. The molecule has 0 spiro atoms. The quantitative estimate of drug-likeness (QED) is 0.558. The van der Waals surface area contributed by atoms with E-state index < -0.39 is 8.32 Å². The second-order valence-corrected chi connectivity index (χ2v) is 11.4. The molecule has 0 radical (unpaired) electrons. The summed E-state index contributed by atoms with van der Waals surface area (Å²) in [6.45, 7) is 9.14. The fraction of sp³-hybridized carbons (Fsp3) is 1.00. The van der Waals surface area contributed by atoms with Crippen molar-refractivity contribution in [3.8, 4) is 0 Å². The first kappa shape index (κ1) is 11.2. The molecule has 3 aliphatic rings. The Balaban J connectivity index is 1.84. The van der Waals surface area contributed by atoms with Crippen LogP contribution in [0.1, 0.15) is 32.6 Å². The van der Waals surface area contributed by atoms with Gasteiger partial charge in [0.2, 0.25) is 0 Å². The minimum atomic E-state index is -1.46. The molecule has 2 saturated carbocycles. The molecule has 16 heavy (non-hydrogen) atoms. The monoisotopic (exact) mass is 240 g/mol. The van der Waals surface area contributed by atoms with Crippen LogP contribution in [0.3, 0.4) is 0 Å². The average Bonchev–Trinajstić information content (AvgIpc) is 2.59. The van der Waals surface area contributed by atoms with Crippen LogP contribution in [0.25, 0.3) is 0 Å². The summed E-state index contributed by atoms with van der Waals surface area (Å²) in [6, 6.07) is 0. The molecule has 92 valence electrons. The number of epoxide rings is 1. The van der Waals surface area contributed by atoms with Gasteiger partial charge in [-0.05, 0) is 64.1 Å². The van der Waals surface area contributed by atoms with Crippen LogP contribution in [0.2, 0.25) is 19.6 Å². The molecule has 2 bridgehead atoms. The van der Waals surface area contributed by atoms with Crippen LogP contribution < -0.4 is 0 Å². The van der Waals surface area contributed by atoms with Gasteiger partial charge < -0.3 is 9.16 Å². The van der Waals surface area contributed by atoms with E-state index in [2.05, 4.69) is 26.6 Å². The molecular weight excluding hydrogens is 216 g/mol. The van der Waals surface area contributed by atoms with E-state index in [1.54, 1.807) is 0 Å². The average molecular weight is 240 g/mol. The lowest BCUT2D eigenvalue weighted by Crippen LogP contribution is -2.51. The third kappa shape index (κ3) is 1.68. The zero-order valence-electron chi connectivity index (χ0n) is 11.0. The summed E-state index contributed by atoms with van der Waals surface area (Å²) in [4.78, 5) is 0. The Bertz CT molecular complexity index is 299. The van der Waals surface area contributed by atoms with Gasteiger partial charge in [-0.15, -0.1) is 0 Å². The summed E-state index contributed by atoms with van der Waals surface area (Å²) in [7, 11) is -1.46. The first-order valence-corrected chi connectivity index (χ1v) is 10.2. The normalized spacial score (nSPS) is 51.0. The molecule has 2 aliphatic carbocycles. The Hall–Kier alpha value is 0.137. The minimum Gasteiger partial charge on any atom is -0.409 e. The smallest absolute Gasteiger partial charge is 0.184 e. The molecule has 1 heterocycles. The van der Waals surface area contributed by atoms with Crippen molar-refractivity contribution in [3.63, 3.8) is 0 Å². The Kier molecular flexibility index (Phi) is 2.34. The zero-order chi connectivity index (χ0) is 11.6. The molecule has 3 unspecified atom stereocenters. The Morgan fingerprint density at radius 1 is 1.25 bits per heavy atom. The summed E-state index contributed by atoms with van der Waals surface area (Å²) in [5, 5.41) is 0. The number of hydrogen-bond acceptors (Lipinski definition) is 2. The molecule has 0 aromatic heterocycles. The van der Waals surface area contributed by atoms with Crippen molar-refractivity contribution in [1.82, 2.24) is 0 Å². The summed E-state index contributed by atoms with van der Waals surface area (Å²) in [6.07, 6.45) is 6.34. The molecule has 3 heteroatoms. The SMILES string of the molecule is C[C@@H]1O[C@H]1C1(O[Si](C)(C)C)CC2CCC1C2. The van der Waals surface area contributed by atoms with Crippen LogP contribution in [-0.4, -0.2) is 26.1 Å². The molecule has 5 atom stereocenters. The highest BCUT2D eigenvalue weighted by Crippen LogP contribution is 2.58. The lowest BCUT2D eigenvalue weighted by molar-refractivity contribution is -0.0192. The fourth-order valence-electron chi connectivity index (χ4n) is 4.12. The fourth-order valence-corrected chi connectivity index (χ4v) is 5.63. The number of ether oxygens (including phenoxy) is 1. The van der Waals surface area contributed by atoms with E-state index in [0.29, 0.717) is 12.2 Å². The topological polar surface area (TPSA) is 21.8 Å². The Morgan fingerprint density at radius 3 is 2.31 bits per heavy atom. The van der Waals surface area contributed by atoms with Gasteiger partial charge in [0.1, 0.15) is 6.10 Å². The number of rotatable bonds is 3. The van der Waals surface area contributed by atoms with E-state index in [0.717, 1.165) is 11.8 Å². The highest BCUT2D eigenvalue weighted by atomic mass is 28.4. The summed E-state index contributed by atoms with van der Waals surface area (Å²) < 4.78 is 12.4. The maximum absolute atomic E-state index is 6.63. The molecule has 2 nitrogen and oxygen atoms in total. The molecule has 0 amide bonds. The second-order valence-electron chi connectivity index (χ2n) is 7.01. The van der Waals surface area contributed by atoms with Crippen LogP contribution in [-0.2, 0) is 9.16 Å². The van der Waals surface area contributed by atoms with Crippen molar-refractivity contribution < 1.29 is 9.16 Å². The maximum atomic E-state index is 6.63. The van der Waals surface area contributed by atoms with Crippen molar-refractivity contribution in [2.45, 2.75) is 70.1 Å². The van der Waals surface area contributed by atoms with Crippen LogP contribution >= 0.6 is 0 Å². The lowest BCUT2D eigenvalue weighted by Gasteiger charge is -2.41. The summed E-state index contributed by atoms with van der Waals surface area (Å²) in [5.74, 6) is 1.72. The maximum Gasteiger partial charge on any atom is 0.184 e. The third-order valence-corrected chi connectivity index (χ3v) is 5.52. The van der Waals surface area contributed by atoms with E-state index in [1.165, 1.54) is 25.7 Å². The minimum absolute atomic E-state index is 0.118. The highest BCUT2D eigenvalue weighted by molar-refractivity contribution is 6.69. The van der Waals surface area contributed by atoms with Crippen molar-refractivity contribution in [2.24, 2.45) is 11.8 Å². The van der Waals surface area contributed by atoms with Crippen molar-refractivity contribution in [2.75, 3.05) is 0 Å². The van der Waals surface area contributed by atoms with Crippen LogP contribution in [0.5, 0.6) is 0 Å². The van der Waals surface area contributed by atoms with E-state index in [4.69, 9.17) is 9.16 Å². The Morgan fingerprint density at radius 2 is 1.94 bits per heavy atom. The van der Waals surface area contributed by atoms with Gasteiger partial charge in [-0.2, -0.15) is 0 Å². The first-order chi connectivity index (χ1) is 7.41. The third-order valence-electron chi connectivity index (χ3n) is 4.53. The zero-order valence-corrected chi connectivity index (χ0v) is 12.0. The Labute approximate surface area is 99.8 Å². The standard InChI is InChI=1S/C13H24O2Si/c1-9-12(14-9)13(15-16(2,3)4)8-10-5-6-11(13)7-10/h9-12H,5-8H2,1-4H3/t9-,10?,11?,12+,13?/m0/s1. The van der Waals surface area contributed by atoms with Gasteiger partial charge in [0.05, 0.1) is 11.7 Å². The van der Waals surface area contributed by atoms with E-state index >= 15 is 0 Å². The van der Waals surface area contributed by atoms with Crippen LogP contribution in [0.15, 0.2) is 0 Å². The van der Waals surface area contributed by atoms with Gasteiger partial charge in [-0.3, -0.25) is 0 Å². The number of hydrogen-bond donors (Lipinski definition) is 0. The van der Waals surface area contributed by atoms with E-state index in [9.17, 15) is 0 Å². The molecule has 0 aromatic carbocycles. The van der Waals surface area contributed by atoms with Gasteiger partial charge in [0, 0.05) is 0 Å². The van der Waals surface area contributed by atoms with Crippen molar-refractivity contribution >= 4 is 8.32 Å². The van der Waals surface area contributed by atoms with Crippen molar-refractivity contribution in [1.29, 1.82) is 0 Å². The van der Waals surface area contributed by atoms with Crippen LogP contribution in [0, 0.1) is 11.8 Å². The lowest BCUT2D eigenvalue weighted by atomic mass is 9.81. The molecule has 1 saturated heterocycles. The summed E-state index contributed by atoms with van der Waals surface area (Å²) >= 11 is 0. The van der Waals surface area contributed by atoms with Gasteiger partial charge in [0.15, 0.2) is 8.32 Å². The summed E-state index contributed by atoms with van der Waals surface area (Å²) in [5.41, 5.74) is 0.118. The van der Waals surface area contributed by atoms with Crippen LogP contribution in [0.4, 0.5) is 0 Å². The largest absolute Gasteiger partial charge is 0.409 e. The predicted octanol–water partition coefficient (Wildman–Crippen LogP) is 3.18. The molecular formula is C13H24O2Si. The van der Waals surface area contributed by atoms with E-state index in [1.807, 2.05) is 0 Å². The molecule has 3 rings (SSSR count). The van der Waals surface area contributed by atoms with Gasteiger partial charge >= 0.3 is 0 Å². The number of fused-ring (bicyclic) bond motifs is 2.